The fraction of sp³-hybridized carbons (Fsp3) is 0.720. The van der Waals surface area contributed by atoms with Gasteiger partial charge in [-0.1, -0.05) is 82.2 Å². The Labute approximate surface area is 186 Å². The standard InChI is InChI=1S/C15H19NO4.5C2H6/c1-2-13(17)12-6-11(7-16-12)18-8-10-3-4-14-15(5-10)20-9-19-14;5*1-2/h3-5,11-12,16H,2,6-9H2,1H3;5*1-2H3/t11-,12-;;;;;/m1...../s1. The van der Waals surface area contributed by atoms with Crippen molar-refractivity contribution in [2.45, 2.75) is 108 Å². The van der Waals surface area contributed by atoms with Gasteiger partial charge >= 0.3 is 0 Å². The molecule has 0 amide bonds. The number of carbonyl (C=O) groups is 1. The van der Waals surface area contributed by atoms with Crippen LogP contribution in [0.5, 0.6) is 11.5 Å². The second-order valence-electron chi connectivity index (χ2n) is 5.14. The Morgan fingerprint density at radius 2 is 1.53 bits per heavy atom. The molecule has 178 valence electrons. The third kappa shape index (κ3) is 12.2. The van der Waals surface area contributed by atoms with Crippen molar-refractivity contribution in [2.24, 2.45) is 0 Å². The van der Waals surface area contributed by atoms with Crippen LogP contribution in [0.4, 0.5) is 0 Å². The quantitative estimate of drug-likeness (QED) is 0.562. The molecule has 2 aliphatic rings. The molecule has 2 atom stereocenters. The minimum Gasteiger partial charge on any atom is -0.454 e. The van der Waals surface area contributed by atoms with Gasteiger partial charge in [-0.15, -0.1) is 0 Å². The molecule has 0 aromatic heterocycles. The molecular formula is C25H49NO4. The second-order valence-corrected chi connectivity index (χ2v) is 5.14. The van der Waals surface area contributed by atoms with E-state index in [-0.39, 0.29) is 24.7 Å². The SMILES string of the molecule is CC.CC.CC.CC.CC.CCC(=O)[C@H]1C[C@@H](OCc2ccc3c(c2)OCO3)CN1. The number of ether oxygens (including phenoxy) is 3. The van der Waals surface area contributed by atoms with Crippen LogP contribution in [0.2, 0.25) is 0 Å². The predicted molar refractivity (Wildman–Crippen MR) is 130 cm³/mol. The molecular weight excluding hydrogens is 378 g/mol. The largest absolute Gasteiger partial charge is 0.454 e. The Hall–Kier alpha value is -1.59. The van der Waals surface area contributed by atoms with E-state index in [9.17, 15) is 4.79 Å². The average Bonchev–Trinajstić information content (AvgIpc) is 3.53. The molecule has 5 heteroatoms. The van der Waals surface area contributed by atoms with Gasteiger partial charge < -0.3 is 19.5 Å². The summed E-state index contributed by atoms with van der Waals surface area (Å²) in [5.41, 5.74) is 1.06. The van der Waals surface area contributed by atoms with Gasteiger partial charge in [0.15, 0.2) is 11.5 Å². The lowest BCUT2D eigenvalue weighted by Crippen LogP contribution is -2.29. The summed E-state index contributed by atoms with van der Waals surface area (Å²) in [5.74, 6) is 1.82. The third-order valence-corrected chi connectivity index (χ3v) is 3.75. The number of fused-ring (bicyclic) bond motifs is 1. The zero-order valence-corrected chi connectivity index (χ0v) is 21.6. The van der Waals surface area contributed by atoms with Crippen molar-refractivity contribution in [2.75, 3.05) is 13.3 Å². The molecule has 0 unspecified atom stereocenters. The van der Waals surface area contributed by atoms with Crippen LogP contribution in [0.25, 0.3) is 0 Å². The lowest BCUT2D eigenvalue weighted by Gasteiger charge is -2.11. The van der Waals surface area contributed by atoms with Gasteiger partial charge in [-0.25, -0.2) is 0 Å². The van der Waals surface area contributed by atoms with Crippen molar-refractivity contribution in [3.05, 3.63) is 23.8 Å². The van der Waals surface area contributed by atoms with E-state index in [1.54, 1.807) is 0 Å². The maximum atomic E-state index is 11.6. The Bertz CT molecular complexity index is 506. The van der Waals surface area contributed by atoms with Crippen molar-refractivity contribution in [3.8, 4) is 11.5 Å². The number of hydrogen-bond acceptors (Lipinski definition) is 5. The highest BCUT2D eigenvalue weighted by Gasteiger charge is 2.28. The van der Waals surface area contributed by atoms with Crippen LogP contribution < -0.4 is 14.8 Å². The summed E-state index contributed by atoms with van der Waals surface area (Å²) in [6, 6.07) is 5.78. The molecule has 1 aromatic rings. The van der Waals surface area contributed by atoms with E-state index in [1.807, 2.05) is 94.4 Å². The molecule has 0 aliphatic carbocycles. The van der Waals surface area contributed by atoms with Gasteiger partial charge in [0, 0.05) is 13.0 Å². The second kappa shape index (κ2) is 23.7. The van der Waals surface area contributed by atoms with Gasteiger partial charge in [0.1, 0.15) is 5.78 Å². The van der Waals surface area contributed by atoms with E-state index < -0.39 is 0 Å². The topological polar surface area (TPSA) is 56.8 Å². The van der Waals surface area contributed by atoms with Crippen LogP contribution in [-0.4, -0.2) is 31.3 Å². The Kier molecular flexibility index (Phi) is 26.1. The zero-order valence-electron chi connectivity index (χ0n) is 21.6. The molecule has 1 aromatic carbocycles. The van der Waals surface area contributed by atoms with E-state index in [0.29, 0.717) is 13.0 Å². The predicted octanol–water partition coefficient (Wildman–Crippen LogP) is 6.77. The van der Waals surface area contributed by atoms with Crippen molar-refractivity contribution < 1.29 is 19.0 Å². The summed E-state index contributed by atoms with van der Waals surface area (Å²) in [7, 11) is 0. The molecule has 2 aliphatic heterocycles. The van der Waals surface area contributed by atoms with Crippen LogP contribution >= 0.6 is 0 Å². The summed E-state index contributed by atoms with van der Waals surface area (Å²) < 4.78 is 16.5. The van der Waals surface area contributed by atoms with Crippen LogP contribution in [0.1, 0.15) is 94.6 Å². The molecule has 0 radical (unpaired) electrons. The molecule has 1 fully saturated rings. The highest BCUT2D eigenvalue weighted by molar-refractivity contribution is 5.84. The smallest absolute Gasteiger partial charge is 0.231 e. The number of ketones is 1. The molecule has 1 N–H and O–H groups in total. The van der Waals surface area contributed by atoms with Gasteiger partial charge in [-0.3, -0.25) is 4.79 Å². The number of Topliss-reactive ketones (excluding diaryl/α,β-unsaturated/α-hetero) is 1. The van der Waals surface area contributed by atoms with Gasteiger partial charge in [0.05, 0.1) is 18.8 Å². The van der Waals surface area contributed by atoms with Crippen LogP contribution in [0.15, 0.2) is 18.2 Å². The molecule has 5 nitrogen and oxygen atoms in total. The lowest BCUT2D eigenvalue weighted by atomic mass is 10.1. The minimum atomic E-state index is -0.0400. The summed E-state index contributed by atoms with van der Waals surface area (Å²) in [6.45, 7) is 23.4. The van der Waals surface area contributed by atoms with Crippen molar-refractivity contribution in [3.63, 3.8) is 0 Å². The first-order valence-electron chi connectivity index (χ1n) is 12.0. The summed E-state index contributed by atoms with van der Waals surface area (Å²) >= 11 is 0. The van der Waals surface area contributed by atoms with Crippen LogP contribution in [0.3, 0.4) is 0 Å². The molecule has 2 heterocycles. The zero-order chi connectivity index (χ0) is 23.9. The number of hydrogen-bond donors (Lipinski definition) is 1. The highest BCUT2D eigenvalue weighted by Crippen LogP contribution is 2.32. The number of nitrogens with one attached hydrogen (secondary N) is 1. The molecule has 0 bridgehead atoms. The monoisotopic (exact) mass is 427 g/mol. The Morgan fingerprint density at radius 3 is 2.10 bits per heavy atom. The van der Waals surface area contributed by atoms with Crippen molar-refractivity contribution in [1.82, 2.24) is 5.32 Å². The van der Waals surface area contributed by atoms with Crippen molar-refractivity contribution in [1.29, 1.82) is 0 Å². The minimum absolute atomic E-state index is 0.0400. The highest BCUT2D eigenvalue weighted by atomic mass is 16.7. The van der Waals surface area contributed by atoms with Gasteiger partial charge in [-0.05, 0) is 24.1 Å². The number of rotatable bonds is 5. The first-order chi connectivity index (χ1) is 14.8. The fourth-order valence-corrected chi connectivity index (χ4v) is 2.57. The van der Waals surface area contributed by atoms with Gasteiger partial charge in [0.25, 0.3) is 0 Å². The van der Waals surface area contributed by atoms with E-state index in [0.717, 1.165) is 30.0 Å². The normalized spacial score (nSPS) is 17.0. The Balaban J connectivity index is -0.000000642. The van der Waals surface area contributed by atoms with Gasteiger partial charge in [0.2, 0.25) is 6.79 Å². The van der Waals surface area contributed by atoms with Crippen LogP contribution in [-0.2, 0) is 16.1 Å². The maximum absolute atomic E-state index is 11.6. The van der Waals surface area contributed by atoms with E-state index in [4.69, 9.17) is 14.2 Å². The average molecular weight is 428 g/mol. The maximum Gasteiger partial charge on any atom is 0.231 e. The number of benzene rings is 1. The summed E-state index contributed by atoms with van der Waals surface area (Å²) in [5, 5.41) is 3.22. The van der Waals surface area contributed by atoms with Crippen LogP contribution in [0, 0.1) is 0 Å². The first-order valence-corrected chi connectivity index (χ1v) is 12.0. The molecule has 3 rings (SSSR count). The molecule has 0 saturated carbocycles. The summed E-state index contributed by atoms with van der Waals surface area (Å²) in [4.78, 5) is 11.6. The fourth-order valence-electron chi connectivity index (χ4n) is 2.57. The molecule has 0 spiro atoms. The summed E-state index contributed by atoms with van der Waals surface area (Å²) in [6.07, 6.45) is 1.44. The van der Waals surface area contributed by atoms with E-state index in [2.05, 4.69) is 5.32 Å². The number of carbonyl (C=O) groups excluding carboxylic acids is 1. The first kappa shape index (κ1) is 33.1. The van der Waals surface area contributed by atoms with Crippen molar-refractivity contribution >= 4 is 5.78 Å². The Morgan fingerprint density at radius 1 is 0.967 bits per heavy atom. The lowest BCUT2D eigenvalue weighted by molar-refractivity contribution is -0.120. The van der Waals surface area contributed by atoms with E-state index in [1.165, 1.54) is 0 Å². The third-order valence-electron chi connectivity index (χ3n) is 3.75. The van der Waals surface area contributed by atoms with Gasteiger partial charge in [-0.2, -0.15) is 0 Å². The molecule has 30 heavy (non-hydrogen) atoms. The molecule has 1 saturated heterocycles. The van der Waals surface area contributed by atoms with E-state index >= 15 is 0 Å².